The van der Waals surface area contributed by atoms with Gasteiger partial charge in [0.05, 0.1) is 12.1 Å². The molecule has 0 spiro atoms. The molecular weight excluding hydrogens is 576 g/mol. The van der Waals surface area contributed by atoms with E-state index in [4.69, 9.17) is 21.4 Å². The maximum atomic E-state index is 13.9. The SMILES string of the molecule is COCC(NC(=O)C(C)NC(=O)O)C(=O)NC1(Cc2ccc(Cl)cc2)CCCN(C(=O)C(CCO)Cc2ccccc2)C1. The number of carboxylic acid groups (broad SMARTS) is 1. The average molecular weight is 617 g/mol. The van der Waals surface area contributed by atoms with Crippen LogP contribution in [0.3, 0.4) is 0 Å². The van der Waals surface area contributed by atoms with Gasteiger partial charge in [0, 0.05) is 37.7 Å². The molecule has 4 unspecified atom stereocenters. The van der Waals surface area contributed by atoms with Crippen molar-refractivity contribution in [2.24, 2.45) is 5.92 Å². The zero-order chi connectivity index (χ0) is 31.4. The number of piperidine rings is 1. The van der Waals surface area contributed by atoms with Gasteiger partial charge in [-0.15, -0.1) is 0 Å². The molecule has 234 valence electrons. The van der Waals surface area contributed by atoms with E-state index in [9.17, 15) is 24.3 Å². The molecule has 2 aromatic rings. The zero-order valence-corrected chi connectivity index (χ0v) is 25.3. The Balaban J connectivity index is 1.86. The number of rotatable bonds is 14. The molecule has 3 rings (SSSR count). The molecule has 1 aliphatic heterocycles. The van der Waals surface area contributed by atoms with Crippen LogP contribution >= 0.6 is 11.6 Å². The van der Waals surface area contributed by atoms with Crippen molar-refractivity contribution in [2.75, 3.05) is 33.4 Å². The topological polar surface area (TPSA) is 157 Å². The highest BCUT2D eigenvalue weighted by Gasteiger charge is 2.41. The van der Waals surface area contributed by atoms with Gasteiger partial charge < -0.3 is 35.8 Å². The third-order valence-corrected chi connectivity index (χ3v) is 7.84. The lowest BCUT2D eigenvalue weighted by Gasteiger charge is -2.45. The van der Waals surface area contributed by atoms with E-state index in [-0.39, 0.29) is 25.7 Å². The monoisotopic (exact) mass is 616 g/mol. The number of carbonyl (C=O) groups excluding carboxylic acids is 3. The lowest BCUT2D eigenvalue weighted by atomic mass is 9.82. The molecule has 5 N–H and O–H groups in total. The van der Waals surface area contributed by atoms with Crippen molar-refractivity contribution >= 4 is 35.4 Å². The van der Waals surface area contributed by atoms with Crippen LogP contribution in [-0.2, 0) is 32.0 Å². The second-order valence-corrected chi connectivity index (χ2v) is 11.5. The van der Waals surface area contributed by atoms with Crippen LogP contribution in [0.2, 0.25) is 5.02 Å². The number of hydrogen-bond donors (Lipinski definition) is 5. The highest BCUT2D eigenvalue weighted by atomic mass is 35.5. The summed E-state index contributed by atoms with van der Waals surface area (Å²) >= 11 is 6.11. The van der Waals surface area contributed by atoms with Crippen molar-refractivity contribution < 1.29 is 34.1 Å². The van der Waals surface area contributed by atoms with E-state index in [1.165, 1.54) is 14.0 Å². The number of hydrogen-bond acceptors (Lipinski definition) is 6. The molecule has 2 aromatic carbocycles. The summed E-state index contributed by atoms with van der Waals surface area (Å²) in [5.74, 6) is -1.72. The van der Waals surface area contributed by atoms with Crippen LogP contribution in [0.1, 0.15) is 37.3 Å². The normalized spacial score (nSPS) is 18.7. The molecule has 0 bridgehead atoms. The van der Waals surface area contributed by atoms with Crippen molar-refractivity contribution in [3.05, 3.63) is 70.7 Å². The number of likely N-dealkylation sites (tertiary alicyclic amines) is 1. The van der Waals surface area contributed by atoms with Gasteiger partial charge in [-0.2, -0.15) is 0 Å². The number of carbonyl (C=O) groups is 4. The largest absolute Gasteiger partial charge is 0.465 e. The van der Waals surface area contributed by atoms with Crippen molar-refractivity contribution in [1.82, 2.24) is 20.9 Å². The standard InChI is InChI=1S/C31H41ClN4O7/c1-21(33-30(41)42)27(38)34-26(19-43-2)28(39)35-31(18-23-9-11-25(32)12-10-23)14-6-15-36(20-31)29(40)24(13-16-37)17-22-7-4-3-5-8-22/h3-5,7-12,21,24,26,33,37H,6,13-20H2,1-2H3,(H,34,38)(H,35,39)(H,41,42). The number of halogens is 1. The number of aliphatic hydroxyl groups excluding tert-OH is 1. The number of amides is 4. The van der Waals surface area contributed by atoms with Crippen LogP contribution in [0, 0.1) is 5.92 Å². The minimum Gasteiger partial charge on any atom is -0.465 e. The Hall–Kier alpha value is -3.67. The Bertz CT molecular complexity index is 1230. The van der Waals surface area contributed by atoms with Gasteiger partial charge in [-0.25, -0.2) is 4.79 Å². The van der Waals surface area contributed by atoms with Crippen LogP contribution in [0.15, 0.2) is 54.6 Å². The summed E-state index contributed by atoms with van der Waals surface area (Å²) < 4.78 is 5.20. The van der Waals surface area contributed by atoms with E-state index < -0.39 is 41.4 Å². The molecule has 1 aliphatic rings. The fraction of sp³-hybridized carbons (Fsp3) is 0.484. The Labute approximate surface area is 256 Å². The molecule has 12 heteroatoms. The summed E-state index contributed by atoms with van der Waals surface area (Å²) in [7, 11) is 1.39. The van der Waals surface area contributed by atoms with Crippen LogP contribution in [0.5, 0.6) is 0 Å². The van der Waals surface area contributed by atoms with Crippen LogP contribution in [-0.4, -0.2) is 90.0 Å². The lowest BCUT2D eigenvalue weighted by Crippen LogP contribution is -2.65. The molecule has 0 aromatic heterocycles. The van der Waals surface area contributed by atoms with E-state index in [0.29, 0.717) is 43.7 Å². The highest BCUT2D eigenvalue weighted by Crippen LogP contribution is 2.29. The second-order valence-electron chi connectivity index (χ2n) is 11.0. The summed E-state index contributed by atoms with van der Waals surface area (Å²) in [4.78, 5) is 52.9. The molecule has 0 saturated carbocycles. The van der Waals surface area contributed by atoms with Gasteiger partial charge in [-0.05, 0) is 62.3 Å². The third kappa shape index (κ3) is 10.2. The van der Waals surface area contributed by atoms with Gasteiger partial charge in [-0.1, -0.05) is 54.1 Å². The van der Waals surface area contributed by atoms with Crippen LogP contribution in [0.25, 0.3) is 0 Å². The van der Waals surface area contributed by atoms with Gasteiger partial charge >= 0.3 is 6.09 Å². The highest BCUT2D eigenvalue weighted by molar-refractivity contribution is 6.30. The Morgan fingerprint density at radius 1 is 1.02 bits per heavy atom. The second kappa shape index (κ2) is 16.3. The summed E-state index contributed by atoms with van der Waals surface area (Å²) in [5, 5.41) is 27.0. The Kier molecular flexibility index (Phi) is 12.8. The van der Waals surface area contributed by atoms with Crippen LogP contribution in [0.4, 0.5) is 4.79 Å². The van der Waals surface area contributed by atoms with Crippen LogP contribution < -0.4 is 16.0 Å². The zero-order valence-electron chi connectivity index (χ0n) is 24.6. The first kappa shape index (κ1) is 33.8. The van der Waals surface area contributed by atoms with E-state index in [0.717, 1.165) is 11.1 Å². The van der Waals surface area contributed by atoms with Crippen molar-refractivity contribution in [3.63, 3.8) is 0 Å². The predicted molar refractivity (Wildman–Crippen MR) is 162 cm³/mol. The number of nitrogens with one attached hydrogen (secondary N) is 3. The average Bonchev–Trinajstić information content (AvgIpc) is 2.97. The van der Waals surface area contributed by atoms with Crippen molar-refractivity contribution in [2.45, 2.75) is 56.7 Å². The minimum absolute atomic E-state index is 0.0948. The van der Waals surface area contributed by atoms with Gasteiger partial charge in [0.1, 0.15) is 12.1 Å². The first-order valence-electron chi connectivity index (χ1n) is 14.3. The van der Waals surface area contributed by atoms with Gasteiger partial charge in [0.2, 0.25) is 17.7 Å². The number of aliphatic hydroxyl groups is 1. The van der Waals surface area contributed by atoms with E-state index >= 15 is 0 Å². The van der Waals surface area contributed by atoms with Gasteiger partial charge in [-0.3, -0.25) is 14.4 Å². The van der Waals surface area contributed by atoms with Crippen molar-refractivity contribution in [1.29, 1.82) is 0 Å². The molecule has 1 heterocycles. The summed E-state index contributed by atoms with van der Waals surface area (Å²) in [6.45, 7) is 1.83. The Morgan fingerprint density at radius 2 is 1.72 bits per heavy atom. The number of methoxy groups -OCH3 is 1. The molecule has 4 atom stereocenters. The van der Waals surface area contributed by atoms with E-state index in [2.05, 4.69) is 16.0 Å². The summed E-state index contributed by atoms with van der Waals surface area (Å²) in [6.07, 6.45) is 1.02. The third-order valence-electron chi connectivity index (χ3n) is 7.58. The lowest BCUT2D eigenvalue weighted by molar-refractivity contribution is -0.140. The molecular formula is C31H41ClN4O7. The summed E-state index contributed by atoms with van der Waals surface area (Å²) in [6, 6.07) is 14.7. The maximum absolute atomic E-state index is 13.9. The molecule has 11 nitrogen and oxygen atoms in total. The van der Waals surface area contributed by atoms with Gasteiger partial charge in [0.15, 0.2) is 0 Å². The first-order valence-corrected chi connectivity index (χ1v) is 14.7. The molecule has 4 amide bonds. The molecule has 0 radical (unpaired) electrons. The molecule has 1 fully saturated rings. The fourth-order valence-electron chi connectivity index (χ4n) is 5.47. The fourth-order valence-corrected chi connectivity index (χ4v) is 5.60. The van der Waals surface area contributed by atoms with Crippen molar-refractivity contribution in [3.8, 4) is 0 Å². The quantitative estimate of drug-likeness (QED) is 0.218. The van der Waals surface area contributed by atoms with E-state index in [1.54, 1.807) is 17.0 Å². The first-order chi connectivity index (χ1) is 20.6. The number of ether oxygens (including phenoxy) is 1. The predicted octanol–water partition coefficient (Wildman–Crippen LogP) is 2.39. The minimum atomic E-state index is -1.36. The van der Waals surface area contributed by atoms with E-state index in [1.807, 2.05) is 42.5 Å². The molecule has 0 aliphatic carbocycles. The molecule has 1 saturated heterocycles. The number of benzene rings is 2. The Morgan fingerprint density at radius 3 is 2.35 bits per heavy atom. The maximum Gasteiger partial charge on any atom is 0.405 e. The molecule has 43 heavy (non-hydrogen) atoms. The number of nitrogens with zero attached hydrogens (tertiary/aromatic N) is 1. The smallest absolute Gasteiger partial charge is 0.405 e. The van der Waals surface area contributed by atoms with Gasteiger partial charge in [0.25, 0.3) is 0 Å². The summed E-state index contributed by atoms with van der Waals surface area (Å²) in [5.41, 5.74) is 1.02.